The second-order valence-corrected chi connectivity index (χ2v) is 3.03. The minimum absolute atomic E-state index is 0.599. The van der Waals surface area contributed by atoms with Crippen LogP contribution in [0.5, 0.6) is 0 Å². The third kappa shape index (κ3) is 6.28. The van der Waals surface area contributed by atoms with Gasteiger partial charge in [-0.2, -0.15) is 0 Å². The first kappa shape index (κ1) is 10.9. The summed E-state index contributed by atoms with van der Waals surface area (Å²) in [5.41, 5.74) is 3.25. The van der Waals surface area contributed by atoms with Gasteiger partial charge in [-0.1, -0.05) is 13.3 Å². The predicted molar refractivity (Wildman–Crippen MR) is 49.4 cm³/mol. The Balaban J connectivity index is 3.35. The normalized spacial score (nSPS) is 13.9. The predicted octanol–water partition coefficient (Wildman–Crippen LogP) is 0.441. The summed E-state index contributed by atoms with van der Waals surface area (Å²) in [6.07, 6.45) is 2.47. The molecular weight excluding hydrogens is 138 g/mol. The van der Waals surface area contributed by atoms with Crippen LogP contribution in [0.2, 0.25) is 0 Å². The first-order valence-corrected chi connectivity index (χ1v) is 4.28. The van der Waals surface area contributed by atoms with Crippen molar-refractivity contribution in [2.45, 2.75) is 25.8 Å². The van der Waals surface area contributed by atoms with E-state index in [0.29, 0.717) is 6.04 Å². The highest BCUT2D eigenvalue weighted by molar-refractivity contribution is 4.64. The second kappa shape index (κ2) is 6.58. The number of hydrogen-bond acceptors (Lipinski definition) is 3. The van der Waals surface area contributed by atoms with E-state index in [1.54, 1.807) is 0 Å². The summed E-state index contributed by atoms with van der Waals surface area (Å²) in [5.74, 6) is 0. The largest absolute Gasteiger partial charge is 0.316 e. The average molecular weight is 159 g/mol. The van der Waals surface area contributed by atoms with Gasteiger partial charge in [0.25, 0.3) is 0 Å². The van der Waals surface area contributed by atoms with Crippen molar-refractivity contribution in [3.05, 3.63) is 0 Å². The third-order valence-electron chi connectivity index (χ3n) is 1.70. The molecule has 0 aromatic heterocycles. The number of nitrogens with one attached hydrogen (secondary N) is 2. The number of hydrogen-bond donors (Lipinski definition) is 2. The van der Waals surface area contributed by atoms with Crippen LogP contribution in [0.3, 0.4) is 0 Å². The molecule has 0 aliphatic heterocycles. The summed E-state index contributed by atoms with van der Waals surface area (Å²) in [5, 5.41) is 5.26. The Morgan fingerprint density at radius 1 is 1.36 bits per heavy atom. The van der Waals surface area contributed by atoms with Crippen molar-refractivity contribution in [3.63, 3.8) is 0 Å². The molecule has 0 rings (SSSR count). The van der Waals surface area contributed by atoms with Crippen LogP contribution in [0.25, 0.3) is 0 Å². The Kier molecular flexibility index (Phi) is 6.51. The molecule has 11 heavy (non-hydrogen) atoms. The molecule has 0 fully saturated rings. The first-order valence-electron chi connectivity index (χ1n) is 4.28. The Morgan fingerprint density at radius 2 is 2.00 bits per heavy atom. The average Bonchev–Trinajstić information content (AvgIpc) is 1.97. The van der Waals surface area contributed by atoms with Gasteiger partial charge in [-0.15, -0.1) is 0 Å². The summed E-state index contributed by atoms with van der Waals surface area (Å²) in [6, 6.07) is 0.599. The van der Waals surface area contributed by atoms with Gasteiger partial charge >= 0.3 is 0 Å². The Morgan fingerprint density at radius 3 is 2.36 bits per heavy atom. The van der Waals surface area contributed by atoms with E-state index >= 15 is 0 Å². The van der Waals surface area contributed by atoms with Crippen molar-refractivity contribution in [2.24, 2.45) is 0 Å². The molecule has 2 N–H and O–H groups in total. The molecule has 3 nitrogen and oxygen atoms in total. The smallest absolute Gasteiger partial charge is 0.0256 e. The summed E-state index contributed by atoms with van der Waals surface area (Å²) in [4.78, 5) is 0. The fraction of sp³-hybridized carbons (Fsp3) is 1.00. The zero-order valence-corrected chi connectivity index (χ0v) is 8.15. The van der Waals surface area contributed by atoms with Gasteiger partial charge in [-0.3, -0.25) is 10.4 Å². The Bertz CT molecular complexity index is 83.4. The molecular formula is C8H21N3. The van der Waals surface area contributed by atoms with Crippen LogP contribution in [0.15, 0.2) is 0 Å². The topological polar surface area (TPSA) is 27.3 Å². The van der Waals surface area contributed by atoms with Crippen LogP contribution in [-0.4, -0.2) is 38.7 Å². The lowest BCUT2D eigenvalue weighted by Crippen LogP contribution is -2.42. The van der Waals surface area contributed by atoms with E-state index in [9.17, 15) is 0 Å². The van der Waals surface area contributed by atoms with Crippen molar-refractivity contribution < 1.29 is 0 Å². The van der Waals surface area contributed by atoms with Gasteiger partial charge in [0, 0.05) is 26.7 Å². The quantitative estimate of drug-likeness (QED) is 0.551. The molecule has 68 valence electrons. The van der Waals surface area contributed by atoms with Crippen LogP contribution in [0, 0.1) is 0 Å². The van der Waals surface area contributed by atoms with Crippen LogP contribution >= 0.6 is 0 Å². The lowest BCUT2D eigenvalue weighted by molar-refractivity contribution is 0.268. The van der Waals surface area contributed by atoms with Crippen molar-refractivity contribution >= 4 is 0 Å². The molecule has 3 heteroatoms. The molecule has 0 aliphatic rings. The van der Waals surface area contributed by atoms with Crippen molar-refractivity contribution in [1.82, 2.24) is 15.8 Å². The maximum atomic E-state index is 3.27. The molecule has 0 saturated carbocycles. The first-order chi connectivity index (χ1) is 5.20. The van der Waals surface area contributed by atoms with E-state index in [-0.39, 0.29) is 0 Å². The van der Waals surface area contributed by atoms with E-state index in [2.05, 4.69) is 17.7 Å². The maximum Gasteiger partial charge on any atom is 0.0256 e. The number of hydrazine groups is 1. The van der Waals surface area contributed by atoms with Crippen LogP contribution < -0.4 is 10.7 Å². The molecule has 0 heterocycles. The molecule has 0 bridgehead atoms. The highest BCUT2D eigenvalue weighted by Crippen LogP contribution is 1.93. The molecule has 0 aliphatic carbocycles. The van der Waals surface area contributed by atoms with Gasteiger partial charge in [0.05, 0.1) is 0 Å². The van der Waals surface area contributed by atoms with Crippen LogP contribution in [-0.2, 0) is 0 Å². The maximum absolute atomic E-state index is 3.27. The monoisotopic (exact) mass is 159 g/mol. The highest BCUT2D eigenvalue weighted by atomic mass is 15.5. The van der Waals surface area contributed by atoms with Gasteiger partial charge in [-0.05, 0) is 13.5 Å². The SMILES string of the molecule is CCC[C@H](CNN(C)C)NC. The van der Waals surface area contributed by atoms with E-state index in [1.165, 1.54) is 12.8 Å². The van der Waals surface area contributed by atoms with Gasteiger partial charge in [-0.25, -0.2) is 0 Å². The van der Waals surface area contributed by atoms with E-state index in [4.69, 9.17) is 0 Å². The van der Waals surface area contributed by atoms with Gasteiger partial charge in [0.2, 0.25) is 0 Å². The lowest BCUT2D eigenvalue weighted by atomic mass is 10.2. The third-order valence-corrected chi connectivity index (χ3v) is 1.70. The fourth-order valence-corrected chi connectivity index (χ4v) is 0.990. The molecule has 0 amide bonds. The minimum Gasteiger partial charge on any atom is -0.316 e. The summed E-state index contributed by atoms with van der Waals surface area (Å²) < 4.78 is 0. The molecule has 0 radical (unpaired) electrons. The molecule has 0 aromatic rings. The number of likely N-dealkylation sites (N-methyl/N-ethyl adjacent to an activating group) is 1. The molecule has 1 atom stereocenters. The molecule has 0 aromatic carbocycles. The van der Waals surface area contributed by atoms with Crippen LogP contribution in [0.1, 0.15) is 19.8 Å². The van der Waals surface area contributed by atoms with Crippen molar-refractivity contribution in [1.29, 1.82) is 0 Å². The summed E-state index contributed by atoms with van der Waals surface area (Å²) in [6.45, 7) is 3.22. The molecule has 0 unspecified atom stereocenters. The number of nitrogens with zero attached hydrogens (tertiary/aromatic N) is 1. The Hall–Kier alpha value is -0.120. The van der Waals surface area contributed by atoms with Crippen molar-refractivity contribution in [3.8, 4) is 0 Å². The zero-order chi connectivity index (χ0) is 8.69. The zero-order valence-electron chi connectivity index (χ0n) is 8.15. The van der Waals surface area contributed by atoms with Crippen LogP contribution in [0.4, 0.5) is 0 Å². The van der Waals surface area contributed by atoms with E-state index in [0.717, 1.165) is 6.54 Å². The number of rotatable bonds is 6. The minimum atomic E-state index is 0.599. The van der Waals surface area contributed by atoms with Gasteiger partial charge < -0.3 is 5.32 Å². The van der Waals surface area contributed by atoms with Gasteiger partial charge in [0.1, 0.15) is 0 Å². The summed E-state index contributed by atoms with van der Waals surface area (Å²) >= 11 is 0. The van der Waals surface area contributed by atoms with E-state index in [1.807, 2.05) is 26.2 Å². The second-order valence-electron chi connectivity index (χ2n) is 3.03. The van der Waals surface area contributed by atoms with E-state index < -0.39 is 0 Å². The van der Waals surface area contributed by atoms with Crippen molar-refractivity contribution in [2.75, 3.05) is 27.7 Å². The fourth-order valence-electron chi connectivity index (χ4n) is 0.990. The van der Waals surface area contributed by atoms with Gasteiger partial charge in [0.15, 0.2) is 0 Å². The lowest BCUT2D eigenvalue weighted by Gasteiger charge is -2.19. The standard InChI is InChI=1S/C8H21N3/c1-5-6-8(9-2)7-10-11(3)4/h8-10H,5-7H2,1-4H3/t8-/m1/s1. The highest BCUT2D eigenvalue weighted by Gasteiger charge is 2.02. The summed E-state index contributed by atoms with van der Waals surface area (Å²) in [7, 11) is 6.04. The Labute approximate surface area is 70.1 Å². The molecule has 0 saturated heterocycles. The molecule has 0 spiro atoms.